The highest BCUT2D eigenvalue weighted by Crippen LogP contribution is 2.33. The van der Waals surface area contributed by atoms with Gasteiger partial charge < -0.3 is 9.84 Å². The van der Waals surface area contributed by atoms with Crippen LogP contribution in [0.15, 0.2) is 12.1 Å². The Morgan fingerprint density at radius 1 is 1.45 bits per heavy atom. The molecule has 1 aliphatic heterocycles. The van der Waals surface area contributed by atoms with Gasteiger partial charge in [0, 0.05) is 23.6 Å². The molecule has 0 fully saturated rings. The van der Waals surface area contributed by atoms with E-state index in [4.69, 9.17) is 16.3 Å². The maximum atomic E-state index is 11.5. The molecule has 0 saturated heterocycles. The summed E-state index contributed by atoms with van der Waals surface area (Å²) in [5.74, 6) is 0.0375. The average Bonchev–Trinajstić information content (AvgIpc) is 2.88. The van der Waals surface area contributed by atoms with Crippen LogP contribution < -0.4 is 10.1 Å². The van der Waals surface area contributed by atoms with E-state index in [0.29, 0.717) is 31.0 Å². The van der Waals surface area contributed by atoms with Gasteiger partial charge in [0.2, 0.25) is 0 Å². The molecule has 4 nitrogen and oxygen atoms in total. The first-order valence-electron chi connectivity index (χ1n) is 6.95. The summed E-state index contributed by atoms with van der Waals surface area (Å²) in [6.45, 7) is 4.86. The molecule has 2 rings (SSSR count). The highest BCUT2D eigenvalue weighted by atomic mass is 35.5. The van der Waals surface area contributed by atoms with E-state index in [-0.39, 0.29) is 0 Å². The summed E-state index contributed by atoms with van der Waals surface area (Å²) >= 11 is 6.11. The van der Waals surface area contributed by atoms with Crippen LogP contribution >= 0.6 is 11.6 Å². The lowest BCUT2D eigenvalue weighted by Crippen LogP contribution is -2.50. The average molecular weight is 298 g/mol. The Hall–Kier alpha value is -1.26. The summed E-state index contributed by atoms with van der Waals surface area (Å²) in [5.41, 5.74) is 1.13. The molecule has 0 aliphatic carbocycles. The lowest BCUT2D eigenvalue weighted by Gasteiger charge is -2.28. The van der Waals surface area contributed by atoms with Gasteiger partial charge in [-0.25, -0.2) is 0 Å². The van der Waals surface area contributed by atoms with Gasteiger partial charge in [-0.3, -0.25) is 10.1 Å². The zero-order valence-electron chi connectivity index (χ0n) is 11.8. The van der Waals surface area contributed by atoms with E-state index < -0.39 is 11.5 Å². The maximum Gasteiger partial charge on any atom is 0.323 e. The first-order valence-corrected chi connectivity index (χ1v) is 7.32. The quantitative estimate of drug-likeness (QED) is 0.847. The number of carboxylic acids is 1. The molecule has 0 radical (unpaired) electrons. The van der Waals surface area contributed by atoms with Crippen molar-refractivity contribution < 1.29 is 14.6 Å². The smallest absolute Gasteiger partial charge is 0.323 e. The predicted molar refractivity (Wildman–Crippen MR) is 78.4 cm³/mol. The molecule has 0 unspecified atom stereocenters. The zero-order valence-corrected chi connectivity index (χ0v) is 12.6. The van der Waals surface area contributed by atoms with Crippen molar-refractivity contribution in [3.05, 3.63) is 28.3 Å². The van der Waals surface area contributed by atoms with Crippen LogP contribution in [0.2, 0.25) is 5.02 Å². The largest absolute Gasteiger partial charge is 0.493 e. The van der Waals surface area contributed by atoms with Gasteiger partial charge in [0.1, 0.15) is 11.3 Å². The lowest BCUT2D eigenvalue weighted by molar-refractivity contribution is -0.145. The van der Waals surface area contributed by atoms with Gasteiger partial charge in [0.05, 0.1) is 6.61 Å². The second-order valence-corrected chi connectivity index (χ2v) is 5.54. The van der Waals surface area contributed by atoms with Crippen molar-refractivity contribution in [1.29, 1.82) is 0 Å². The van der Waals surface area contributed by atoms with Crippen LogP contribution in [0.4, 0.5) is 0 Å². The Labute approximate surface area is 124 Å². The van der Waals surface area contributed by atoms with Crippen LogP contribution in [0.3, 0.4) is 0 Å². The van der Waals surface area contributed by atoms with E-state index in [0.717, 1.165) is 23.3 Å². The number of hydrogen-bond acceptors (Lipinski definition) is 3. The summed E-state index contributed by atoms with van der Waals surface area (Å²) < 4.78 is 5.63. The number of halogens is 1. The summed E-state index contributed by atoms with van der Waals surface area (Å²) in [6, 6.07) is 3.76. The molecule has 110 valence electrons. The third-order valence-corrected chi connectivity index (χ3v) is 4.28. The number of fused-ring (bicyclic) bond motifs is 1. The SMILES string of the molecule is CCC(CC)(NCc1cc(Cl)cc2c1OCC2)C(=O)O. The molecule has 1 heterocycles. The highest BCUT2D eigenvalue weighted by Gasteiger charge is 2.34. The predicted octanol–water partition coefficient (Wildman–Crippen LogP) is 3.01. The first-order chi connectivity index (χ1) is 9.52. The lowest BCUT2D eigenvalue weighted by atomic mass is 9.92. The normalized spacial score (nSPS) is 13.9. The molecule has 5 heteroatoms. The molecule has 0 bridgehead atoms. The second-order valence-electron chi connectivity index (χ2n) is 5.10. The van der Waals surface area contributed by atoms with Gasteiger partial charge in [-0.15, -0.1) is 0 Å². The van der Waals surface area contributed by atoms with E-state index in [1.54, 1.807) is 0 Å². The fraction of sp³-hybridized carbons (Fsp3) is 0.533. The van der Waals surface area contributed by atoms with E-state index in [2.05, 4.69) is 5.32 Å². The van der Waals surface area contributed by atoms with Gasteiger partial charge in [-0.05, 0) is 30.5 Å². The number of rotatable bonds is 6. The Balaban J connectivity index is 2.21. The summed E-state index contributed by atoms with van der Waals surface area (Å²) in [7, 11) is 0. The van der Waals surface area contributed by atoms with Crippen molar-refractivity contribution in [3.63, 3.8) is 0 Å². The molecular weight excluding hydrogens is 278 g/mol. The Bertz CT molecular complexity index is 512. The zero-order chi connectivity index (χ0) is 14.8. The van der Waals surface area contributed by atoms with E-state index in [9.17, 15) is 9.90 Å². The van der Waals surface area contributed by atoms with E-state index in [1.165, 1.54) is 0 Å². The standard InChI is InChI=1S/C15H20ClNO3/c1-3-15(4-2,14(18)19)17-9-11-8-12(16)7-10-5-6-20-13(10)11/h7-8,17H,3-6,9H2,1-2H3,(H,18,19). The number of carbonyl (C=O) groups is 1. The number of ether oxygens (including phenoxy) is 1. The first kappa shape index (κ1) is 15.1. The molecular formula is C15H20ClNO3. The minimum atomic E-state index is -0.895. The molecule has 1 aromatic rings. The third kappa shape index (κ3) is 2.76. The van der Waals surface area contributed by atoms with Gasteiger partial charge in [0.15, 0.2) is 0 Å². The molecule has 0 saturated carbocycles. The van der Waals surface area contributed by atoms with Gasteiger partial charge >= 0.3 is 5.97 Å². The molecule has 0 spiro atoms. The van der Waals surface area contributed by atoms with Crippen molar-refractivity contribution in [1.82, 2.24) is 5.32 Å². The number of hydrogen-bond donors (Lipinski definition) is 2. The van der Waals surface area contributed by atoms with Crippen molar-refractivity contribution >= 4 is 17.6 Å². The molecule has 1 aromatic carbocycles. The number of benzene rings is 1. The third-order valence-electron chi connectivity index (χ3n) is 4.06. The Morgan fingerprint density at radius 3 is 2.75 bits per heavy atom. The molecule has 1 aliphatic rings. The van der Waals surface area contributed by atoms with Crippen LogP contribution in [-0.2, 0) is 17.8 Å². The van der Waals surface area contributed by atoms with Crippen molar-refractivity contribution in [3.8, 4) is 5.75 Å². The molecule has 0 atom stereocenters. The van der Waals surface area contributed by atoms with Gasteiger partial charge in [-0.2, -0.15) is 0 Å². The monoisotopic (exact) mass is 297 g/mol. The van der Waals surface area contributed by atoms with E-state index in [1.807, 2.05) is 26.0 Å². The molecule has 0 aromatic heterocycles. The van der Waals surface area contributed by atoms with Crippen LogP contribution in [0, 0.1) is 0 Å². The van der Waals surface area contributed by atoms with Gasteiger partial charge in [-0.1, -0.05) is 25.4 Å². The van der Waals surface area contributed by atoms with E-state index >= 15 is 0 Å². The topological polar surface area (TPSA) is 58.6 Å². The maximum absolute atomic E-state index is 11.5. The fourth-order valence-electron chi connectivity index (χ4n) is 2.62. The van der Waals surface area contributed by atoms with Crippen molar-refractivity contribution in [2.75, 3.05) is 6.61 Å². The Kier molecular flexibility index (Phi) is 4.55. The fourth-order valence-corrected chi connectivity index (χ4v) is 2.88. The van der Waals surface area contributed by atoms with Crippen LogP contribution in [0.5, 0.6) is 5.75 Å². The number of carboxylic acid groups (broad SMARTS) is 1. The minimum absolute atomic E-state index is 0.441. The number of nitrogens with one attached hydrogen (secondary N) is 1. The molecule has 20 heavy (non-hydrogen) atoms. The summed E-state index contributed by atoms with van der Waals surface area (Å²) in [6.07, 6.45) is 1.92. The van der Waals surface area contributed by atoms with Crippen molar-refractivity contribution in [2.45, 2.75) is 45.2 Å². The Morgan fingerprint density at radius 2 is 2.15 bits per heavy atom. The highest BCUT2D eigenvalue weighted by molar-refractivity contribution is 6.30. The molecule has 2 N–H and O–H groups in total. The minimum Gasteiger partial charge on any atom is -0.493 e. The molecule has 0 amide bonds. The van der Waals surface area contributed by atoms with Crippen LogP contribution in [-0.4, -0.2) is 23.2 Å². The summed E-state index contributed by atoms with van der Waals surface area (Å²) in [5, 5.41) is 13.3. The second kappa shape index (κ2) is 6.02. The summed E-state index contributed by atoms with van der Waals surface area (Å²) in [4.78, 5) is 11.5. The van der Waals surface area contributed by atoms with Gasteiger partial charge in [0.25, 0.3) is 0 Å². The van der Waals surface area contributed by atoms with Crippen LogP contribution in [0.25, 0.3) is 0 Å². The van der Waals surface area contributed by atoms with Crippen LogP contribution in [0.1, 0.15) is 37.8 Å². The number of aliphatic carboxylic acids is 1. The van der Waals surface area contributed by atoms with Crippen molar-refractivity contribution in [2.24, 2.45) is 0 Å².